The second-order valence-corrected chi connectivity index (χ2v) is 6.29. The van der Waals surface area contributed by atoms with Gasteiger partial charge < -0.3 is 9.52 Å². The maximum atomic E-state index is 9.81. The van der Waals surface area contributed by atoms with Crippen LogP contribution in [0.1, 0.15) is 16.7 Å². The average Bonchev–Trinajstić information content (AvgIpc) is 3.06. The Balaban J connectivity index is 1.67. The van der Waals surface area contributed by atoms with Gasteiger partial charge in [0.15, 0.2) is 5.58 Å². The van der Waals surface area contributed by atoms with Crippen LogP contribution in [0.5, 0.6) is 5.75 Å². The van der Waals surface area contributed by atoms with E-state index in [1.807, 2.05) is 36.4 Å². The van der Waals surface area contributed by atoms with Crippen molar-refractivity contribution in [3.05, 3.63) is 77.4 Å². The van der Waals surface area contributed by atoms with Gasteiger partial charge in [-0.1, -0.05) is 18.2 Å². The SMILES string of the molecule is Cc1ccc(-c2nc3cc(N=Cc4ccccc4O)ccc3o2)cc1C. The predicted octanol–water partition coefficient (Wildman–Crippen LogP) is 5.57. The Morgan fingerprint density at radius 3 is 2.62 bits per heavy atom. The lowest BCUT2D eigenvalue weighted by molar-refractivity contribution is 0.474. The zero-order chi connectivity index (χ0) is 18.1. The van der Waals surface area contributed by atoms with Gasteiger partial charge in [0, 0.05) is 17.3 Å². The van der Waals surface area contributed by atoms with Crippen molar-refractivity contribution in [2.75, 3.05) is 0 Å². The fraction of sp³-hybridized carbons (Fsp3) is 0.0909. The number of oxazole rings is 1. The molecule has 0 saturated carbocycles. The van der Waals surface area contributed by atoms with Gasteiger partial charge >= 0.3 is 0 Å². The lowest BCUT2D eigenvalue weighted by Gasteiger charge is -2.01. The first-order chi connectivity index (χ1) is 12.6. The van der Waals surface area contributed by atoms with Crippen molar-refractivity contribution in [1.29, 1.82) is 0 Å². The van der Waals surface area contributed by atoms with Crippen molar-refractivity contribution in [2.24, 2.45) is 4.99 Å². The maximum absolute atomic E-state index is 9.81. The number of aryl methyl sites for hydroxylation is 2. The highest BCUT2D eigenvalue weighted by atomic mass is 16.3. The molecule has 3 aromatic carbocycles. The molecule has 0 aliphatic heterocycles. The minimum absolute atomic E-state index is 0.204. The fourth-order valence-electron chi connectivity index (χ4n) is 2.73. The number of phenolic OH excluding ortho intramolecular Hbond substituents is 1. The molecule has 4 rings (SSSR count). The molecule has 0 fully saturated rings. The summed E-state index contributed by atoms with van der Waals surface area (Å²) in [6.45, 7) is 4.16. The summed E-state index contributed by atoms with van der Waals surface area (Å²) in [6.07, 6.45) is 1.64. The van der Waals surface area contributed by atoms with E-state index in [9.17, 15) is 5.11 Å². The molecular weight excluding hydrogens is 324 g/mol. The van der Waals surface area contributed by atoms with Gasteiger partial charge in [-0.05, 0) is 67.4 Å². The molecule has 26 heavy (non-hydrogen) atoms. The maximum Gasteiger partial charge on any atom is 0.227 e. The summed E-state index contributed by atoms with van der Waals surface area (Å²) in [5, 5.41) is 9.81. The Morgan fingerprint density at radius 2 is 1.81 bits per heavy atom. The lowest BCUT2D eigenvalue weighted by atomic mass is 10.1. The standard InChI is InChI=1S/C22H18N2O2/c1-14-7-8-16(11-15(14)2)22-24-19-12-18(9-10-21(19)26-22)23-13-17-5-3-4-6-20(17)25/h3-13,25H,1-2H3. The van der Waals surface area contributed by atoms with E-state index in [4.69, 9.17) is 4.42 Å². The van der Waals surface area contributed by atoms with Crippen LogP contribution in [0, 0.1) is 13.8 Å². The normalized spacial score (nSPS) is 11.5. The Kier molecular flexibility index (Phi) is 4.01. The molecule has 1 aromatic heterocycles. The van der Waals surface area contributed by atoms with Crippen LogP contribution >= 0.6 is 0 Å². The zero-order valence-corrected chi connectivity index (χ0v) is 14.6. The summed E-state index contributed by atoms with van der Waals surface area (Å²) in [5.74, 6) is 0.806. The van der Waals surface area contributed by atoms with Gasteiger partial charge in [0.2, 0.25) is 5.89 Å². The van der Waals surface area contributed by atoms with E-state index < -0.39 is 0 Å². The fourth-order valence-corrected chi connectivity index (χ4v) is 2.73. The summed E-state index contributed by atoms with van der Waals surface area (Å²) in [6, 6.07) is 18.9. The van der Waals surface area contributed by atoms with E-state index in [0.29, 0.717) is 11.5 Å². The molecule has 4 nitrogen and oxygen atoms in total. The van der Waals surface area contributed by atoms with Gasteiger partial charge in [-0.25, -0.2) is 4.98 Å². The third-order valence-corrected chi connectivity index (χ3v) is 4.41. The van der Waals surface area contributed by atoms with Gasteiger partial charge in [-0.15, -0.1) is 0 Å². The molecule has 0 saturated heterocycles. The second kappa shape index (κ2) is 6.48. The van der Waals surface area contributed by atoms with Crippen LogP contribution in [-0.2, 0) is 0 Å². The molecule has 0 amide bonds. The Labute approximate surface area is 151 Å². The monoisotopic (exact) mass is 342 g/mol. The lowest BCUT2D eigenvalue weighted by Crippen LogP contribution is -1.83. The number of hydrogen-bond donors (Lipinski definition) is 1. The number of fused-ring (bicyclic) bond motifs is 1. The first kappa shape index (κ1) is 16.1. The van der Waals surface area contributed by atoms with Crippen molar-refractivity contribution in [1.82, 2.24) is 4.98 Å². The Morgan fingerprint density at radius 1 is 0.962 bits per heavy atom. The predicted molar refractivity (Wildman–Crippen MR) is 104 cm³/mol. The minimum atomic E-state index is 0.204. The topological polar surface area (TPSA) is 58.6 Å². The second-order valence-electron chi connectivity index (χ2n) is 6.29. The summed E-state index contributed by atoms with van der Waals surface area (Å²) in [5.41, 5.74) is 6.31. The number of aromatic nitrogens is 1. The van der Waals surface area contributed by atoms with Gasteiger partial charge in [-0.3, -0.25) is 4.99 Å². The van der Waals surface area contributed by atoms with Crippen molar-refractivity contribution < 1.29 is 9.52 Å². The quantitative estimate of drug-likeness (QED) is 0.495. The number of aliphatic imine (C=N–C) groups is 1. The third-order valence-electron chi connectivity index (χ3n) is 4.41. The first-order valence-corrected chi connectivity index (χ1v) is 8.40. The van der Waals surface area contributed by atoms with Crippen LogP contribution in [0.15, 0.2) is 70.1 Å². The first-order valence-electron chi connectivity index (χ1n) is 8.40. The summed E-state index contributed by atoms with van der Waals surface area (Å²) < 4.78 is 5.88. The average molecular weight is 342 g/mol. The van der Waals surface area contributed by atoms with Crippen molar-refractivity contribution in [3.63, 3.8) is 0 Å². The zero-order valence-electron chi connectivity index (χ0n) is 14.6. The van der Waals surface area contributed by atoms with Crippen LogP contribution in [0.2, 0.25) is 0 Å². The van der Waals surface area contributed by atoms with Gasteiger partial charge in [0.1, 0.15) is 11.3 Å². The molecule has 0 aliphatic rings. The van der Waals surface area contributed by atoms with Crippen LogP contribution in [-0.4, -0.2) is 16.3 Å². The van der Waals surface area contributed by atoms with E-state index in [-0.39, 0.29) is 5.75 Å². The third kappa shape index (κ3) is 3.09. The smallest absolute Gasteiger partial charge is 0.227 e. The van der Waals surface area contributed by atoms with Crippen molar-refractivity contribution in [2.45, 2.75) is 13.8 Å². The molecule has 0 aliphatic carbocycles. The molecule has 1 N–H and O–H groups in total. The van der Waals surface area contributed by atoms with Gasteiger partial charge in [0.05, 0.1) is 5.69 Å². The van der Waals surface area contributed by atoms with E-state index in [0.717, 1.165) is 22.4 Å². The number of hydrogen-bond acceptors (Lipinski definition) is 4. The highest BCUT2D eigenvalue weighted by Crippen LogP contribution is 2.28. The highest BCUT2D eigenvalue weighted by molar-refractivity contribution is 5.87. The largest absolute Gasteiger partial charge is 0.507 e. The molecule has 0 unspecified atom stereocenters. The van der Waals surface area contributed by atoms with Crippen LogP contribution in [0.25, 0.3) is 22.6 Å². The number of benzene rings is 3. The molecule has 0 radical (unpaired) electrons. The Hall–Kier alpha value is -3.40. The molecule has 0 spiro atoms. The van der Waals surface area contributed by atoms with Crippen LogP contribution < -0.4 is 0 Å². The highest BCUT2D eigenvalue weighted by Gasteiger charge is 2.09. The van der Waals surface area contributed by atoms with Crippen LogP contribution in [0.4, 0.5) is 5.69 Å². The number of rotatable bonds is 3. The summed E-state index contributed by atoms with van der Waals surface area (Å²) in [4.78, 5) is 9.03. The Bertz CT molecular complexity index is 1130. The van der Waals surface area contributed by atoms with Crippen LogP contribution in [0.3, 0.4) is 0 Å². The number of para-hydroxylation sites is 1. The van der Waals surface area contributed by atoms with Gasteiger partial charge in [-0.2, -0.15) is 0 Å². The molecule has 4 heteroatoms. The summed E-state index contributed by atoms with van der Waals surface area (Å²) in [7, 11) is 0. The molecule has 0 atom stereocenters. The minimum Gasteiger partial charge on any atom is -0.507 e. The van der Waals surface area contributed by atoms with Gasteiger partial charge in [0.25, 0.3) is 0 Å². The molecular formula is C22H18N2O2. The number of phenols is 1. The molecule has 0 bridgehead atoms. The molecule has 128 valence electrons. The van der Waals surface area contributed by atoms with E-state index in [2.05, 4.69) is 36.0 Å². The van der Waals surface area contributed by atoms with Crippen molar-refractivity contribution >= 4 is 23.0 Å². The molecule has 1 heterocycles. The van der Waals surface area contributed by atoms with Crippen molar-refractivity contribution in [3.8, 4) is 17.2 Å². The molecule has 4 aromatic rings. The summed E-state index contributed by atoms with van der Waals surface area (Å²) >= 11 is 0. The van der Waals surface area contributed by atoms with E-state index >= 15 is 0 Å². The van der Waals surface area contributed by atoms with E-state index in [1.54, 1.807) is 18.3 Å². The van der Waals surface area contributed by atoms with E-state index in [1.165, 1.54) is 11.1 Å². The number of nitrogens with zero attached hydrogens (tertiary/aromatic N) is 2. The number of aromatic hydroxyl groups is 1.